The van der Waals surface area contributed by atoms with Crippen molar-refractivity contribution in [2.45, 2.75) is 19.5 Å². The molecule has 132 valence electrons. The van der Waals surface area contributed by atoms with Gasteiger partial charge >= 0.3 is 6.18 Å². The van der Waals surface area contributed by atoms with Crippen LogP contribution in [0, 0.1) is 6.92 Å². The van der Waals surface area contributed by atoms with Gasteiger partial charge in [-0.3, -0.25) is 9.59 Å². The highest BCUT2D eigenvalue weighted by Crippen LogP contribution is 2.36. The van der Waals surface area contributed by atoms with E-state index >= 15 is 0 Å². The number of benzene rings is 2. The molecule has 4 nitrogen and oxygen atoms in total. The molecule has 2 N–H and O–H groups in total. The predicted octanol–water partition coefficient (Wildman–Crippen LogP) is 4.63. The number of carbonyl (C=O) groups excluding carboxylic acids is 2. The van der Waals surface area contributed by atoms with Gasteiger partial charge in [0.25, 0.3) is 0 Å². The zero-order chi connectivity index (χ0) is 18.6. The lowest BCUT2D eigenvalue weighted by Crippen LogP contribution is -2.23. The van der Waals surface area contributed by atoms with Crippen molar-refractivity contribution in [1.29, 1.82) is 0 Å². The quantitative estimate of drug-likeness (QED) is 0.771. The molecule has 0 aliphatic heterocycles. The van der Waals surface area contributed by atoms with E-state index in [4.69, 9.17) is 11.6 Å². The molecule has 0 unspecified atom stereocenters. The van der Waals surface area contributed by atoms with Crippen LogP contribution in [0.3, 0.4) is 0 Å². The lowest BCUT2D eigenvalue weighted by atomic mass is 10.1. The fraction of sp³-hybridized carbons (Fsp3) is 0.176. The van der Waals surface area contributed by atoms with Crippen LogP contribution in [0.2, 0.25) is 5.02 Å². The van der Waals surface area contributed by atoms with Gasteiger partial charge in [0.15, 0.2) is 0 Å². The van der Waals surface area contributed by atoms with Crippen molar-refractivity contribution in [3.05, 3.63) is 58.6 Å². The Morgan fingerprint density at radius 1 is 1.00 bits per heavy atom. The predicted molar refractivity (Wildman–Crippen MR) is 89.5 cm³/mol. The third-order valence-corrected chi connectivity index (χ3v) is 3.54. The third kappa shape index (κ3) is 5.22. The standard InChI is InChI=1S/C17H14ClF3N2O2/c1-10-4-2-3-5-13(10)22-15(24)9-16(25)23-14-7-6-11(18)8-12(14)17(19,20)21/h2-8H,9H2,1H3,(H,22,24)(H,23,25). The molecule has 0 aliphatic rings. The number of anilines is 2. The van der Waals surface area contributed by atoms with Crippen molar-refractivity contribution in [2.24, 2.45) is 0 Å². The molecule has 0 fully saturated rings. The molecule has 2 aromatic rings. The Labute approximate surface area is 147 Å². The number of hydrogen-bond acceptors (Lipinski definition) is 2. The molecule has 0 spiro atoms. The maximum atomic E-state index is 13.0. The Hall–Kier alpha value is -2.54. The summed E-state index contributed by atoms with van der Waals surface area (Å²) in [6.07, 6.45) is -5.30. The van der Waals surface area contributed by atoms with Crippen LogP contribution in [-0.2, 0) is 15.8 Å². The van der Waals surface area contributed by atoms with Gasteiger partial charge in [0.05, 0.1) is 11.3 Å². The lowest BCUT2D eigenvalue weighted by molar-refractivity contribution is -0.137. The molecule has 0 saturated carbocycles. The molecule has 0 bridgehead atoms. The van der Waals surface area contributed by atoms with Crippen molar-refractivity contribution >= 4 is 34.8 Å². The zero-order valence-electron chi connectivity index (χ0n) is 13.1. The maximum Gasteiger partial charge on any atom is 0.418 e. The monoisotopic (exact) mass is 370 g/mol. The van der Waals surface area contributed by atoms with Crippen LogP contribution in [0.25, 0.3) is 0 Å². The molecule has 0 saturated heterocycles. The van der Waals surface area contributed by atoms with E-state index in [2.05, 4.69) is 10.6 Å². The van der Waals surface area contributed by atoms with Crippen LogP contribution in [0.5, 0.6) is 0 Å². The van der Waals surface area contributed by atoms with Crippen molar-refractivity contribution < 1.29 is 22.8 Å². The number of halogens is 4. The summed E-state index contributed by atoms with van der Waals surface area (Å²) in [5.74, 6) is -1.49. The molecule has 2 rings (SSSR count). The average molecular weight is 371 g/mol. The van der Waals surface area contributed by atoms with E-state index in [1.807, 2.05) is 0 Å². The minimum Gasteiger partial charge on any atom is -0.325 e. The van der Waals surface area contributed by atoms with Crippen LogP contribution >= 0.6 is 11.6 Å². The van der Waals surface area contributed by atoms with Crippen molar-refractivity contribution in [3.63, 3.8) is 0 Å². The van der Waals surface area contributed by atoms with Crippen LogP contribution in [0.15, 0.2) is 42.5 Å². The smallest absolute Gasteiger partial charge is 0.325 e. The summed E-state index contributed by atoms with van der Waals surface area (Å²) in [5, 5.41) is 4.53. The summed E-state index contributed by atoms with van der Waals surface area (Å²) in [5.41, 5.74) is -0.200. The first-order valence-electron chi connectivity index (χ1n) is 7.19. The van der Waals surface area contributed by atoms with E-state index in [1.165, 1.54) is 6.07 Å². The number of para-hydroxylation sites is 1. The SMILES string of the molecule is Cc1ccccc1NC(=O)CC(=O)Nc1ccc(Cl)cc1C(F)(F)F. The van der Waals surface area contributed by atoms with Gasteiger partial charge in [-0.05, 0) is 36.8 Å². The number of carbonyl (C=O) groups is 2. The largest absolute Gasteiger partial charge is 0.418 e. The highest BCUT2D eigenvalue weighted by molar-refractivity contribution is 6.30. The van der Waals surface area contributed by atoms with Gasteiger partial charge in [-0.25, -0.2) is 0 Å². The van der Waals surface area contributed by atoms with Gasteiger partial charge in [-0.15, -0.1) is 0 Å². The summed E-state index contributed by atoms with van der Waals surface area (Å²) in [7, 11) is 0. The Balaban J connectivity index is 2.06. The summed E-state index contributed by atoms with van der Waals surface area (Å²) < 4.78 is 39.0. The summed E-state index contributed by atoms with van der Waals surface area (Å²) in [6, 6.07) is 9.92. The summed E-state index contributed by atoms with van der Waals surface area (Å²) in [6.45, 7) is 1.78. The molecule has 0 aromatic heterocycles. The minimum atomic E-state index is -4.68. The van der Waals surface area contributed by atoms with Gasteiger partial charge in [0.1, 0.15) is 6.42 Å². The Bertz CT molecular complexity index is 807. The molecule has 2 aromatic carbocycles. The van der Waals surface area contributed by atoms with Crippen LogP contribution in [-0.4, -0.2) is 11.8 Å². The number of aryl methyl sites for hydroxylation is 1. The second-order valence-electron chi connectivity index (χ2n) is 5.28. The molecular formula is C17H14ClF3N2O2. The van der Waals surface area contributed by atoms with Gasteiger partial charge in [-0.1, -0.05) is 29.8 Å². The molecular weight excluding hydrogens is 357 g/mol. The van der Waals surface area contributed by atoms with Crippen molar-refractivity contribution in [2.75, 3.05) is 10.6 Å². The first-order chi connectivity index (χ1) is 11.7. The molecule has 25 heavy (non-hydrogen) atoms. The molecule has 0 radical (unpaired) electrons. The second kappa shape index (κ2) is 7.57. The summed E-state index contributed by atoms with van der Waals surface area (Å²) in [4.78, 5) is 23.8. The average Bonchev–Trinajstić information content (AvgIpc) is 2.50. The third-order valence-electron chi connectivity index (χ3n) is 3.30. The van der Waals surface area contributed by atoms with Crippen molar-refractivity contribution in [1.82, 2.24) is 0 Å². The first kappa shape index (κ1) is 18.8. The normalized spacial score (nSPS) is 11.1. The van der Waals surface area contributed by atoms with Gasteiger partial charge in [-0.2, -0.15) is 13.2 Å². The van der Waals surface area contributed by atoms with E-state index < -0.39 is 35.7 Å². The number of alkyl halides is 3. The van der Waals surface area contributed by atoms with Gasteiger partial charge < -0.3 is 10.6 Å². The topological polar surface area (TPSA) is 58.2 Å². The van der Waals surface area contributed by atoms with E-state index in [0.29, 0.717) is 11.8 Å². The molecule has 2 amide bonds. The van der Waals surface area contributed by atoms with Crippen molar-refractivity contribution in [3.8, 4) is 0 Å². The Kier molecular flexibility index (Phi) is 5.69. The van der Waals surface area contributed by atoms with Gasteiger partial charge in [0.2, 0.25) is 11.8 Å². The van der Waals surface area contributed by atoms with Crippen LogP contribution < -0.4 is 10.6 Å². The fourth-order valence-corrected chi connectivity index (χ4v) is 2.28. The number of nitrogens with one attached hydrogen (secondary N) is 2. The van der Waals surface area contributed by atoms with Gasteiger partial charge in [0, 0.05) is 10.7 Å². The Morgan fingerprint density at radius 2 is 1.60 bits per heavy atom. The minimum absolute atomic E-state index is 0.109. The van der Waals surface area contributed by atoms with E-state index in [9.17, 15) is 22.8 Å². The number of hydrogen-bond donors (Lipinski definition) is 2. The number of amides is 2. The Morgan fingerprint density at radius 3 is 2.20 bits per heavy atom. The molecule has 8 heteroatoms. The van der Waals surface area contributed by atoms with Crippen LogP contribution in [0.1, 0.15) is 17.5 Å². The lowest BCUT2D eigenvalue weighted by Gasteiger charge is -2.14. The highest BCUT2D eigenvalue weighted by Gasteiger charge is 2.34. The molecule has 0 atom stereocenters. The maximum absolute atomic E-state index is 13.0. The molecule has 0 aliphatic carbocycles. The van der Waals surface area contributed by atoms with E-state index in [1.54, 1.807) is 31.2 Å². The highest BCUT2D eigenvalue weighted by atomic mass is 35.5. The number of rotatable bonds is 4. The second-order valence-corrected chi connectivity index (χ2v) is 5.71. The van der Waals surface area contributed by atoms with E-state index in [-0.39, 0.29) is 5.02 Å². The first-order valence-corrected chi connectivity index (χ1v) is 7.56. The molecule has 0 heterocycles. The fourth-order valence-electron chi connectivity index (χ4n) is 2.11. The summed E-state index contributed by atoms with van der Waals surface area (Å²) >= 11 is 5.57. The zero-order valence-corrected chi connectivity index (χ0v) is 13.8. The van der Waals surface area contributed by atoms with Crippen LogP contribution in [0.4, 0.5) is 24.5 Å². The van der Waals surface area contributed by atoms with E-state index in [0.717, 1.165) is 11.6 Å².